The van der Waals surface area contributed by atoms with Crippen molar-refractivity contribution in [3.8, 4) is 0 Å². The number of nitrogens with one attached hydrogen (secondary N) is 1. The lowest BCUT2D eigenvalue weighted by Crippen LogP contribution is -2.19. The third-order valence-corrected chi connectivity index (χ3v) is 3.04. The first kappa shape index (κ1) is 11.3. The minimum absolute atomic E-state index is 0.217. The van der Waals surface area contributed by atoms with Crippen molar-refractivity contribution in [1.29, 1.82) is 0 Å². The summed E-state index contributed by atoms with van der Waals surface area (Å²) < 4.78 is 14.9. The molecule has 1 aliphatic carbocycles. The summed E-state index contributed by atoms with van der Waals surface area (Å²) in [4.78, 5) is 4.23. The quantitative estimate of drug-likeness (QED) is 0.873. The van der Waals surface area contributed by atoms with Crippen molar-refractivity contribution in [2.24, 2.45) is 0 Å². The van der Waals surface area contributed by atoms with Gasteiger partial charge in [-0.1, -0.05) is 12.1 Å². The second-order valence-corrected chi connectivity index (χ2v) is 4.62. The Morgan fingerprint density at radius 2 is 2.28 bits per heavy atom. The van der Waals surface area contributed by atoms with Gasteiger partial charge in [0.05, 0.1) is 13.1 Å². The van der Waals surface area contributed by atoms with Crippen LogP contribution in [0.2, 0.25) is 0 Å². The molecule has 1 N–H and O–H groups in total. The van der Waals surface area contributed by atoms with E-state index in [4.69, 9.17) is 0 Å². The fourth-order valence-corrected chi connectivity index (χ4v) is 1.89. The van der Waals surface area contributed by atoms with Crippen molar-refractivity contribution in [2.45, 2.75) is 32.0 Å². The van der Waals surface area contributed by atoms with E-state index in [-0.39, 0.29) is 5.82 Å². The van der Waals surface area contributed by atoms with E-state index in [1.807, 2.05) is 10.7 Å². The first-order valence-electron chi connectivity index (χ1n) is 6.16. The zero-order chi connectivity index (χ0) is 12.4. The van der Waals surface area contributed by atoms with Crippen LogP contribution in [0.5, 0.6) is 0 Å². The number of halogens is 1. The van der Waals surface area contributed by atoms with Crippen LogP contribution in [0.3, 0.4) is 0 Å². The summed E-state index contributed by atoms with van der Waals surface area (Å²) in [5, 5.41) is 7.58. The van der Waals surface area contributed by atoms with Gasteiger partial charge in [-0.05, 0) is 30.5 Å². The standard InChI is InChI=1S/C13H15FN4/c14-11-3-1-2-10(6-11)8-18-13(16-9-17-18)7-15-12-4-5-12/h1-3,6,9,12,15H,4-5,7-8H2. The van der Waals surface area contributed by atoms with Crippen LogP contribution < -0.4 is 5.32 Å². The molecule has 18 heavy (non-hydrogen) atoms. The third kappa shape index (κ3) is 2.73. The Morgan fingerprint density at radius 3 is 3.06 bits per heavy atom. The third-order valence-electron chi connectivity index (χ3n) is 3.04. The molecule has 0 saturated heterocycles. The molecule has 0 bridgehead atoms. The minimum Gasteiger partial charge on any atom is -0.307 e. The molecule has 5 heteroatoms. The maximum absolute atomic E-state index is 13.1. The fourth-order valence-electron chi connectivity index (χ4n) is 1.89. The van der Waals surface area contributed by atoms with Gasteiger partial charge in [0.15, 0.2) is 0 Å². The number of aromatic nitrogens is 3. The maximum atomic E-state index is 13.1. The maximum Gasteiger partial charge on any atom is 0.141 e. The van der Waals surface area contributed by atoms with Crippen molar-refractivity contribution in [2.75, 3.05) is 0 Å². The lowest BCUT2D eigenvalue weighted by atomic mass is 10.2. The topological polar surface area (TPSA) is 42.7 Å². The molecule has 94 valence electrons. The highest BCUT2D eigenvalue weighted by Crippen LogP contribution is 2.19. The average Bonchev–Trinajstić information content (AvgIpc) is 3.08. The van der Waals surface area contributed by atoms with Gasteiger partial charge in [0.25, 0.3) is 0 Å². The van der Waals surface area contributed by atoms with Crippen LogP contribution in [0.4, 0.5) is 4.39 Å². The Kier molecular flexibility index (Phi) is 3.06. The summed E-state index contributed by atoms with van der Waals surface area (Å²) in [6.45, 7) is 1.28. The SMILES string of the molecule is Fc1cccc(Cn2ncnc2CNC2CC2)c1. The van der Waals surface area contributed by atoms with Gasteiger partial charge < -0.3 is 5.32 Å². The van der Waals surface area contributed by atoms with E-state index in [1.165, 1.54) is 25.0 Å². The van der Waals surface area contributed by atoms with Gasteiger partial charge in [-0.2, -0.15) is 5.10 Å². The number of benzene rings is 1. The highest BCUT2D eigenvalue weighted by Gasteiger charge is 2.20. The van der Waals surface area contributed by atoms with Crippen LogP contribution in [-0.4, -0.2) is 20.8 Å². The molecular formula is C13H15FN4. The summed E-state index contributed by atoms with van der Waals surface area (Å²) >= 11 is 0. The monoisotopic (exact) mass is 246 g/mol. The molecule has 1 aromatic carbocycles. The number of rotatable bonds is 5. The van der Waals surface area contributed by atoms with E-state index in [2.05, 4.69) is 15.4 Å². The molecule has 0 amide bonds. The van der Waals surface area contributed by atoms with E-state index in [0.717, 1.165) is 17.9 Å². The predicted octanol–water partition coefficient (Wildman–Crippen LogP) is 1.72. The molecule has 1 saturated carbocycles. The number of nitrogens with zero attached hydrogens (tertiary/aromatic N) is 3. The van der Waals surface area contributed by atoms with E-state index in [9.17, 15) is 4.39 Å². The fraction of sp³-hybridized carbons (Fsp3) is 0.385. The highest BCUT2D eigenvalue weighted by atomic mass is 19.1. The first-order valence-corrected chi connectivity index (χ1v) is 6.16. The molecule has 2 aromatic rings. The van der Waals surface area contributed by atoms with Gasteiger partial charge in [-0.15, -0.1) is 0 Å². The average molecular weight is 246 g/mol. The molecule has 0 radical (unpaired) electrons. The molecule has 0 aliphatic heterocycles. The summed E-state index contributed by atoms with van der Waals surface area (Å²) in [6, 6.07) is 7.22. The van der Waals surface area contributed by atoms with Crippen molar-refractivity contribution in [3.63, 3.8) is 0 Å². The Bertz CT molecular complexity index is 533. The van der Waals surface area contributed by atoms with Gasteiger partial charge in [-0.25, -0.2) is 14.1 Å². The molecule has 0 atom stereocenters. The van der Waals surface area contributed by atoms with Crippen LogP contribution in [0.1, 0.15) is 24.2 Å². The molecule has 0 spiro atoms. The Labute approximate surface area is 105 Å². The number of hydrogen-bond donors (Lipinski definition) is 1. The van der Waals surface area contributed by atoms with Crippen LogP contribution in [-0.2, 0) is 13.1 Å². The molecule has 4 nitrogen and oxygen atoms in total. The molecule has 0 unspecified atom stereocenters. The second-order valence-electron chi connectivity index (χ2n) is 4.62. The van der Waals surface area contributed by atoms with Gasteiger partial charge in [0.1, 0.15) is 18.0 Å². The summed E-state index contributed by atoms with van der Waals surface area (Å²) in [7, 11) is 0. The van der Waals surface area contributed by atoms with Crippen LogP contribution in [0.15, 0.2) is 30.6 Å². The zero-order valence-electron chi connectivity index (χ0n) is 10.0. The zero-order valence-corrected chi connectivity index (χ0v) is 10.0. The van der Waals surface area contributed by atoms with Gasteiger partial charge >= 0.3 is 0 Å². The molecular weight excluding hydrogens is 231 g/mol. The van der Waals surface area contributed by atoms with E-state index in [0.29, 0.717) is 12.6 Å². The first-order chi connectivity index (χ1) is 8.81. The van der Waals surface area contributed by atoms with Gasteiger partial charge in [0.2, 0.25) is 0 Å². The smallest absolute Gasteiger partial charge is 0.141 e. The van der Waals surface area contributed by atoms with Crippen LogP contribution in [0.25, 0.3) is 0 Å². The molecule has 3 rings (SSSR count). The Hall–Kier alpha value is -1.75. The molecule has 1 fully saturated rings. The normalized spacial score (nSPS) is 14.9. The molecule has 1 heterocycles. The minimum atomic E-state index is -0.217. The van der Waals surface area contributed by atoms with Crippen molar-refractivity contribution >= 4 is 0 Å². The van der Waals surface area contributed by atoms with E-state index in [1.54, 1.807) is 12.4 Å². The predicted molar refractivity (Wildman–Crippen MR) is 65.4 cm³/mol. The van der Waals surface area contributed by atoms with Gasteiger partial charge in [0, 0.05) is 6.04 Å². The lowest BCUT2D eigenvalue weighted by Gasteiger charge is -2.07. The van der Waals surface area contributed by atoms with Gasteiger partial charge in [-0.3, -0.25) is 0 Å². The highest BCUT2D eigenvalue weighted by molar-refractivity contribution is 5.16. The van der Waals surface area contributed by atoms with E-state index < -0.39 is 0 Å². The lowest BCUT2D eigenvalue weighted by molar-refractivity contribution is 0.578. The molecule has 1 aromatic heterocycles. The van der Waals surface area contributed by atoms with Crippen LogP contribution in [0, 0.1) is 5.82 Å². The van der Waals surface area contributed by atoms with Crippen LogP contribution >= 0.6 is 0 Å². The van der Waals surface area contributed by atoms with Crippen molar-refractivity contribution < 1.29 is 4.39 Å². The molecule has 1 aliphatic rings. The summed E-state index contributed by atoms with van der Waals surface area (Å²) in [5.74, 6) is 0.677. The van der Waals surface area contributed by atoms with Crippen molar-refractivity contribution in [1.82, 2.24) is 20.1 Å². The Balaban J connectivity index is 1.69. The Morgan fingerprint density at radius 1 is 1.39 bits per heavy atom. The summed E-state index contributed by atoms with van der Waals surface area (Å²) in [5.41, 5.74) is 0.896. The van der Waals surface area contributed by atoms with Crippen molar-refractivity contribution in [3.05, 3.63) is 47.8 Å². The largest absolute Gasteiger partial charge is 0.307 e. The number of hydrogen-bond acceptors (Lipinski definition) is 3. The van der Waals surface area contributed by atoms with E-state index >= 15 is 0 Å². The second kappa shape index (κ2) is 4.86. The summed E-state index contributed by atoms with van der Waals surface area (Å²) in [6.07, 6.45) is 4.04.